The number of piperidine rings is 1. The Labute approximate surface area is 174 Å². The lowest BCUT2D eigenvalue weighted by Gasteiger charge is -2.39. The summed E-state index contributed by atoms with van der Waals surface area (Å²) in [6, 6.07) is 0.0946. The van der Waals surface area contributed by atoms with Crippen molar-refractivity contribution in [1.29, 1.82) is 0 Å². The summed E-state index contributed by atoms with van der Waals surface area (Å²) in [6.07, 6.45) is 3.74. The van der Waals surface area contributed by atoms with E-state index in [2.05, 4.69) is 4.90 Å². The Morgan fingerprint density at radius 3 is 1.90 bits per heavy atom. The van der Waals surface area contributed by atoms with Crippen molar-refractivity contribution >= 4 is 17.8 Å². The number of carbonyl (C=O) groups is 3. The number of rotatable bonds is 5. The van der Waals surface area contributed by atoms with Crippen LogP contribution in [0.1, 0.15) is 39.5 Å². The van der Waals surface area contributed by atoms with Gasteiger partial charge >= 0.3 is 6.03 Å². The van der Waals surface area contributed by atoms with Gasteiger partial charge in [-0.1, -0.05) is 0 Å². The Bertz CT molecular complexity index is 573. The Kier molecular flexibility index (Phi) is 7.75. The Morgan fingerprint density at radius 1 is 0.759 bits per heavy atom. The molecule has 164 valence electrons. The summed E-state index contributed by atoms with van der Waals surface area (Å²) in [5.41, 5.74) is 0. The smallest absolute Gasteiger partial charge is 0.319 e. The van der Waals surface area contributed by atoms with Gasteiger partial charge in [-0.05, 0) is 39.5 Å². The molecule has 0 aliphatic carbocycles. The van der Waals surface area contributed by atoms with Gasteiger partial charge in [-0.25, -0.2) is 4.79 Å². The van der Waals surface area contributed by atoms with Crippen LogP contribution in [0.3, 0.4) is 0 Å². The van der Waals surface area contributed by atoms with E-state index in [9.17, 15) is 14.4 Å². The molecule has 0 saturated carbocycles. The zero-order valence-electron chi connectivity index (χ0n) is 18.1. The molecule has 3 fully saturated rings. The van der Waals surface area contributed by atoms with E-state index in [1.54, 1.807) is 0 Å². The van der Waals surface area contributed by atoms with E-state index in [0.717, 1.165) is 65.0 Å². The van der Waals surface area contributed by atoms with Crippen LogP contribution in [0.15, 0.2) is 0 Å². The molecule has 3 aliphatic heterocycles. The first kappa shape index (κ1) is 21.9. The first-order chi connectivity index (χ1) is 14.0. The fraction of sp³-hybridized carbons (Fsp3) is 0.857. The maximum Gasteiger partial charge on any atom is 0.319 e. The molecule has 3 heterocycles. The standard InChI is InChI=1S/C21H37N5O3/c1-3-23(4-2)21(29)26-11-7-18(8-12-26)20(28)25-15-13-22(14-16-25)17-19(27)24-9-5-6-10-24/h18H,3-17H2,1-2H3. The molecule has 0 aromatic carbocycles. The molecule has 3 aliphatic rings. The van der Waals surface area contributed by atoms with Crippen molar-refractivity contribution in [3.8, 4) is 0 Å². The second-order valence-electron chi connectivity index (χ2n) is 8.41. The predicted octanol–water partition coefficient (Wildman–Crippen LogP) is 0.927. The normalized spacial score (nSPS) is 21.5. The number of likely N-dealkylation sites (tertiary alicyclic amines) is 2. The quantitative estimate of drug-likeness (QED) is 0.680. The second-order valence-corrected chi connectivity index (χ2v) is 8.41. The second kappa shape index (κ2) is 10.3. The first-order valence-corrected chi connectivity index (χ1v) is 11.4. The lowest BCUT2D eigenvalue weighted by molar-refractivity contribution is -0.139. The number of hydrogen-bond donors (Lipinski definition) is 0. The minimum atomic E-state index is 0.0218. The summed E-state index contributed by atoms with van der Waals surface area (Å²) >= 11 is 0. The highest BCUT2D eigenvalue weighted by Gasteiger charge is 2.33. The highest BCUT2D eigenvalue weighted by molar-refractivity contribution is 5.80. The zero-order valence-corrected chi connectivity index (χ0v) is 18.1. The van der Waals surface area contributed by atoms with Gasteiger partial charge in [-0.2, -0.15) is 0 Å². The van der Waals surface area contributed by atoms with E-state index >= 15 is 0 Å². The fourth-order valence-corrected chi connectivity index (χ4v) is 4.65. The molecule has 29 heavy (non-hydrogen) atoms. The predicted molar refractivity (Wildman–Crippen MR) is 111 cm³/mol. The van der Waals surface area contributed by atoms with Crippen molar-refractivity contribution in [3.63, 3.8) is 0 Å². The highest BCUT2D eigenvalue weighted by atomic mass is 16.2. The van der Waals surface area contributed by atoms with Gasteiger partial charge in [0.2, 0.25) is 11.8 Å². The Morgan fingerprint density at radius 2 is 1.34 bits per heavy atom. The lowest BCUT2D eigenvalue weighted by Crippen LogP contribution is -2.54. The van der Waals surface area contributed by atoms with Crippen LogP contribution < -0.4 is 0 Å². The molecule has 0 spiro atoms. The van der Waals surface area contributed by atoms with Crippen molar-refractivity contribution in [3.05, 3.63) is 0 Å². The Balaban J connectivity index is 1.40. The number of carbonyl (C=O) groups excluding carboxylic acids is 3. The van der Waals surface area contributed by atoms with Gasteiger partial charge in [0.05, 0.1) is 6.54 Å². The summed E-state index contributed by atoms with van der Waals surface area (Å²) in [7, 11) is 0. The molecular formula is C21H37N5O3. The monoisotopic (exact) mass is 407 g/mol. The van der Waals surface area contributed by atoms with Crippen molar-refractivity contribution < 1.29 is 14.4 Å². The van der Waals surface area contributed by atoms with Gasteiger partial charge < -0.3 is 19.6 Å². The van der Waals surface area contributed by atoms with Crippen molar-refractivity contribution in [2.24, 2.45) is 5.92 Å². The van der Waals surface area contributed by atoms with Crippen LogP contribution in [-0.2, 0) is 9.59 Å². The van der Waals surface area contributed by atoms with Crippen molar-refractivity contribution in [2.75, 3.05) is 72.0 Å². The third-order valence-corrected chi connectivity index (χ3v) is 6.65. The van der Waals surface area contributed by atoms with Gasteiger partial charge in [0.25, 0.3) is 0 Å². The molecule has 8 heteroatoms. The van der Waals surface area contributed by atoms with E-state index in [4.69, 9.17) is 0 Å². The fourth-order valence-electron chi connectivity index (χ4n) is 4.65. The molecule has 8 nitrogen and oxygen atoms in total. The number of amides is 4. The van der Waals surface area contributed by atoms with Crippen LogP contribution in [0.4, 0.5) is 4.79 Å². The maximum absolute atomic E-state index is 12.9. The minimum absolute atomic E-state index is 0.0218. The molecule has 3 saturated heterocycles. The Hall–Kier alpha value is -1.83. The minimum Gasteiger partial charge on any atom is -0.342 e. The van der Waals surface area contributed by atoms with Gasteiger partial charge in [0.15, 0.2) is 0 Å². The van der Waals surface area contributed by atoms with Crippen LogP contribution in [0.25, 0.3) is 0 Å². The van der Waals surface area contributed by atoms with E-state index in [-0.39, 0.29) is 23.8 Å². The topological polar surface area (TPSA) is 67.4 Å². The van der Waals surface area contributed by atoms with Crippen LogP contribution in [0.5, 0.6) is 0 Å². The lowest BCUT2D eigenvalue weighted by atomic mass is 9.95. The molecule has 0 unspecified atom stereocenters. The largest absolute Gasteiger partial charge is 0.342 e. The molecule has 0 aromatic heterocycles. The molecular weight excluding hydrogens is 370 g/mol. The first-order valence-electron chi connectivity index (χ1n) is 11.4. The molecule has 0 bridgehead atoms. The van der Waals surface area contributed by atoms with E-state index in [1.807, 2.05) is 33.4 Å². The highest BCUT2D eigenvalue weighted by Crippen LogP contribution is 2.21. The van der Waals surface area contributed by atoms with Gasteiger partial charge in [-0.3, -0.25) is 14.5 Å². The van der Waals surface area contributed by atoms with Gasteiger partial charge in [0.1, 0.15) is 0 Å². The number of hydrogen-bond acceptors (Lipinski definition) is 4. The van der Waals surface area contributed by atoms with E-state index < -0.39 is 0 Å². The average molecular weight is 408 g/mol. The molecule has 0 N–H and O–H groups in total. The molecule has 0 atom stereocenters. The van der Waals surface area contributed by atoms with Crippen molar-refractivity contribution in [1.82, 2.24) is 24.5 Å². The van der Waals surface area contributed by atoms with Crippen LogP contribution in [-0.4, -0.2) is 114 Å². The zero-order chi connectivity index (χ0) is 20.8. The SMILES string of the molecule is CCN(CC)C(=O)N1CCC(C(=O)N2CCN(CC(=O)N3CCCC3)CC2)CC1. The molecule has 0 aromatic rings. The van der Waals surface area contributed by atoms with Crippen molar-refractivity contribution in [2.45, 2.75) is 39.5 Å². The maximum atomic E-state index is 12.9. The summed E-state index contributed by atoms with van der Waals surface area (Å²) in [6.45, 7) is 12.0. The number of nitrogens with zero attached hydrogens (tertiary/aromatic N) is 5. The number of piperazine rings is 1. The molecule has 4 amide bonds. The van der Waals surface area contributed by atoms with Gasteiger partial charge in [0, 0.05) is 71.4 Å². The van der Waals surface area contributed by atoms with Crippen LogP contribution >= 0.6 is 0 Å². The summed E-state index contributed by atoms with van der Waals surface area (Å²) < 4.78 is 0. The van der Waals surface area contributed by atoms with Crippen LogP contribution in [0, 0.1) is 5.92 Å². The third-order valence-electron chi connectivity index (χ3n) is 6.65. The number of urea groups is 1. The third kappa shape index (κ3) is 5.41. The van der Waals surface area contributed by atoms with E-state index in [1.165, 1.54) is 0 Å². The average Bonchev–Trinajstić information content (AvgIpc) is 3.30. The summed E-state index contributed by atoms with van der Waals surface area (Å²) in [5.74, 6) is 0.478. The van der Waals surface area contributed by atoms with Gasteiger partial charge in [-0.15, -0.1) is 0 Å². The molecule has 3 rings (SSSR count). The molecule has 0 radical (unpaired) electrons. The van der Waals surface area contributed by atoms with E-state index in [0.29, 0.717) is 32.7 Å². The summed E-state index contributed by atoms with van der Waals surface area (Å²) in [5, 5.41) is 0. The summed E-state index contributed by atoms with van der Waals surface area (Å²) in [4.78, 5) is 47.6. The van der Waals surface area contributed by atoms with Crippen LogP contribution in [0.2, 0.25) is 0 Å².